The lowest BCUT2D eigenvalue weighted by Crippen LogP contribution is -2.61. The Morgan fingerprint density at radius 1 is 0.581 bits per heavy atom. The molecule has 0 aliphatic carbocycles. The van der Waals surface area contributed by atoms with Crippen molar-refractivity contribution < 1.29 is 87.2 Å². The quantitative estimate of drug-likeness (QED) is 0.102. The molecule has 4 rings (SSSR count). The third kappa shape index (κ3) is 22.7. The Morgan fingerprint density at radius 3 is 1.66 bits per heavy atom. The number of phenols is 1. The maximum Gasteiger partial charge on any atom is 0.327 e. The average Bonchev–Trinajstić information content (AvgIpc) is 4.03. The van der Waals surface area contributed by atoms with Gasteiger partial charge in [0, 0.05) is 42.4 Å². The first-order valence-electron chi connectivity index (χ1n) is 26.9. The molecule has 86 heavy (non-hydrogen) atoms. The Balaban J connectivity index is 1.83. The minimum Gasteiger partial charge on any atom is -0.508 e. The molecule has 36 heteroatoms. The zero-order chi connectivity index (χ0) is 63.9. The fraction of sp³-hybridized carbons (Fsp3) is 0.580. The summed E-state index contributed by atoms with van der Waals surface area (Å²) in [4.78, 5) is 204. The van der Waals surface area contributed by atoms with E-state index in [0.717, 1.165) is 48.1 Å². The number of hydrogen-bond donors (Lipinski definition) is 16. The second-order valence-corrected chi connectivity index (χ2v) is 25.2. The van der Waals surface area contributed by atoms with Crippen molar-refractivity contribution in [2.75, 3.05) is 36.1 Å². The highest BCUT2D eigenvalue weighted by atomic mass is 33.1. The first-order chi connectivity index (χ1) is 40.6. The van der Waals surface area contributed by atoms with Crippen LogP contribution >= 0.6 is 43.2 Å². The van der Waals surface area contributed by atoms with E-state index in [-0.39, 0.29) is 43.7 Å². The summed E-state index contributed by atoms with van der Waals surface area (Å²) in [6.07, 6.45) is -2.14. The molecule has 1 aromatic rings. The van der Waals surface area contributed by atoms with E-state index < -0.39 is 204 Å². The van der Waals surface area contributed by atoms with Gasteiger partial charge in [0.2, 0.25) is 76.8 Å². The molecule has 32 nitrogen and oxygen atoms in total. The fourth-order valence-electron chi connectivity index (χ4n) is 8.34. The lowest BCUT2D eigenvalue weighted by Gasteiger charge is -2.30. The number of aromatic hydroxyl groups is 1. The highest BCUT2D eigenvalue weighted by molar-refractivity contribution is 8.77. The van der Waals surface area contributed by atoms with Crippen LogP contribution in [-0.4, -0.2) is 218 Å². The van der Waals surface area contributed by atoms with Crippen molar-refractivity contribution in [3.63, 3.8) is 0 Å². The van der Waals surface area contributed by atoms with E-state index in [2.05, 4.69) is 58.5 Å². The van der Waals surface area contributed by atoms with Crippen LogP contribution < -0.4 is 70.0 Å². The number of carbonyl (C=O) groups excluding carboxylic acids is 13. The summed E-state index contributed by atoms with van der Waals surface area (Å²) in [5, 5.41) is 56.4. The molecular formula is C50H72N14O18S4. The smallest absolute Gasteiger partial charge is 0.327 e. The molecule has 1 aromatic carbocycles. The minimum atomic E-state index is -1.79. The standard InChI is InChI=1S/C50H72N14O18S4/c1-5-28-43(74)53-17-37(67)57-34(50(81)82)21-86-85-20-33-47(78)63-32(46(77)61-31(16-36(52)66)49(80)64-14-6-7-35(64)48(79)56-22(2)39(70)54-23(3)40(71)58-28)19-84-83-18-27(51)42(73)55-24(4)41(72)59-29(12-13-38(68)69)44(75)60-30(45(76)62-33)15-25-8-10-26(65)11-9-25/h8-11,22-24,27-35,65H,5-7,12-21,51H2,1-4H3,(H2,52,66)(H,53,74)(H,54,70)(H,55,73)(H,56,79)(H,57,67)(H,58,71)(H,59,72)(H,60,75)(H,61,77)(H,62,76)(H,63,78)(H,68,69)(H,81,82)/t22?,23-,24-,27?,28?,29?,30-,31-,32?,33?,34?,35?/m0/s1. The number of amides is 13. The Bertz CT molecular complexity index is 2720. The van der Waals surface area contributed by atoms with Crippen LogP contribution in [0.5, 0.6) is 5.75 Å². The predicted molar refractivity (Wildman–Crippen MR) is 312 cm³/mol. The second-order valence-electron chi connectivity index (χ2n) is 20.0. The molecular weight excluding hydrogens is 1210 g/mol. The number of carbonyl (C=O) groups is 15. The molecule has 12 atom stereocenters. The number of fused-ring (bicyclic) bond motifs is 4. The van der Waals surface area contributed by atoms with Gasteiger partial charge in [0.1, 0.15) is 72.2 Å². The van der Waals surface area contributed by atoms with Crippen molar-refractivity contribution in [3.8, 4) is 5.75 Å². The summed E-state index contributed by atoms with van der Waals surface area (Å²) < 4.78 is 0. The van der Waals surface area contributed by atoms with Gasteiger partial charge in [-0.25, -0.2) is 4.79 Å². The van der Waals surface area contributed by atoms with E-state index in [9.17, 15) is 87.2 Å². The normalized spacial score (nSPS) is 28.6. The van der Waals surface area contributed by atoms with Gasteiger partial charge in [-0.2, -0.15) is 0 Å². The van der Waals surface area contributed by atoms with Gasteiger partial charge in [-0.1, -0.05) is 62.2 Å². The average molecular weight is 1290 g/mol. The number of carboxylic acid groups (broad SMARTS) is 2. The molecule has 0 saturated carbocycles. The van der Waals surface area contributed by atoms with Gasteiger partial charge in [0.25, 0.3) is 0 Å². The monoisotopic (exact) mass is 1280 g/mol. The first-order valence-corrected chi connectivity index (χ1v) is 31.9. The van der Waals surface area contributed by atoms with Crippen molar-refractivity contribution in [1.29, 1.82) is 0 Å². The van der Waals surface area contributed by atoms with Crippen molar-refractivity contribution in [3.05, 3.63) is 29.8 Å². The molecule has 0 radical (unpaired) electrons. The summed E-state index contributed by atoms with van der Waals surface area (Å²) in [7, 11) is 3.35. The van der Waals surface area contributed by atoms with Crippen LogP contribution in [0, 0.1) is 0 Å². The highest BCUT2D eigenvalue weighted by Gasteiger charge is 2.41. The number of nitrogens with zero attached hydrogens (tertiary/aromatic N) is 1. The lowest BCUT2D eigenvalue weighted by molar-refractivity contribution is -0.143. The van der Waals surface area contributed by atoms with E-state index in [1.165, 1.54) is 52.0 Å². The van der Waals surface area contributed by atoms with Crippen LogP contribution in [0.1, 0.15) is 71.8 Å². The fourth-order valence-corrected chi connectivity index (χ4v) is 12.9. The molecule has 3 saturated heterocycles. The van der Waals surface area contributed by atoms with Gasteiger partial charge in [-0.3, -0.25) is 67.1 Å². The van der Waals surface area contributed by atoms with Crippen LogP contribution in [0.3, 0.4) is 0 Å². The van der Waals surface area contributed by atoms with Gasteiger partial charge in [0.05, 0.1) is 19.0 Å². The number of carboxylic acids is 2. The van der Waals surface area contributed by atoms with Gasteiger partial charge in [-0.05, 0) is 64.2 Å². The largest absolute Gasteiger partial charge is 0.508 e. The predicted octanol–water partition coefficient (Wildman–Crippen LogP) is -5.70. The van der Waals surface area contributed by atoms with E-state index in [4.69, 9.17) is 11.5 Å². The number of nitrogens with one attached hydrogen (secondary N) is 11. The van der Waals surface area contributed by atoms with E-state index in [1.807, 2.05) is 0 Å². The maximum absolute atomic E-state index is 14.7. The molecule has 13 amide bonds. The van der Waals surface area contributed by atoms with E-state index in [1.54, 1.807) is 0 Å². The van der Waals surface area contributed by atoms with E-state index in [0.29, 0.717) is 5.56 Å². The first kappa shape index (κ1) is 70.9. The Morgan fingerprint density at radius 2 is 1.08 bits per heavy atom. The summed E-state index contributed by atoms with van der Waals surface area (Å²) in [5.74, 6) is -17.3. The SMILES string of the molecule is CCC1NC(=O)[C@H](C)NC(=O)C(C)NC(=O)C2CCCN2C(=O)[C@H](CC(N)=O)NC(=O)C2CSSCC(N)C(=O)N[C@@H](C)C(=O)NC(CCC(=O)O)C(=O)N[C@@H](Cc3ccc(O)cc3)C(=O)NC(CSSCC(C(=O)O)NC(=O)CNC1=O)C(=O)N2. The van der Waals surface area contributed by atoms with Crippen molar-refractivity contribution in [2.45, 2.75) is 145 Å². The highest BCUT2D eigenvalue weighted by Crippen LogP contribution is 2.26. The zero-order valence-electron chi connectivity index (χ0n) is 47.1. The third-order valence-electron chi connectivity index (χ3n) is 13.2. The number of phenolic OH excluding ortho intramolecular Hbond substituents is 1. The number of benzene rings is 1. The topological polar surface area (TPSA) is 504 Å². The summed E-state index contributed by atoms with van der Waals surface area (Å²) in [6, 6.07) is -12.7. The maximum atomic E-state index is 14.7. The van der Waals surface area contributed by atoms with E-state index >= 15 is 0 Å². The summed E-state index contributed by atoms with van der Waals surface area (Å²) in [6.45, 7) is 4.52. The molecule has 0 spiro atoms. The van der Waals surface area contributed by atoms with Crippen LogP contribution in [0.4, 0.5) is 0 Å². The Hall–Kier alpha value is -7.57. The van der Waals surface area contributed by atoms with Crippen molar-refractivity contribution in [2.24, 2.45) is 11.5 Å². The molecule has 18 N–H and O–H groups in total. The third-order valence-corrected chi connectivity index (χ3v) is 18.1. The molecule has 8 unspecified atom stereocenters. The lowest BCUT2D eigenvalue weighted by atomic mass is 10.0. The van der Waals surface area contributed by atoms with Gasteiger partial charge < -0.3 is 90.2 Å². The summed E-state index contributed by atoms with van der Waals surface area (Å²) in [5.41, 5.74) is 12.1. The molecule has 3 heterocycles. The summed E-state index contributed by atoms with van der Waals surface area (Å²) >= 11 is 0. The number of primary amides is 1. The van der Waals surface area contributed by atoms with Crippen LogP contribution in [-0.2, 0) is 78.3 Å². The molecule has 0 aromatic heterocycles. The molecule has 3 aliphatic rings. The van der Waals surface area contributed by atoms with Crippen LogP contribution in [0.2, 0.25) is 0 Å². The number of rotatable bonds is 9. The number of hydrogen-bond acceptors (Lipinski definition) is 21. The molecule has 474 valence electrons. The molecule has 2 bridgehead atoms. The second kappa shape index (κ2) is 34.5. The van der Waals surface area contributed by atoms with Crippen molar-refractivity contribution in [1.82, 2.24) is 63.4 Å². The number of nitrogens with two attached hydrogens (primary N) is 2. The van der Waals surface area contributed by atoms with Crippen LogP contribution in [0.15, 0.2) is 24.3 Å². The van der Waals surface area contributed by atoms with Gasteiger partial charge >= 0.3 is 11.9 Å². The minimum absolute atomic E-state index is 0.00503. The zero-order valence-corrected chi connectivity index (χ0v) is 50.4. The Kier molecular flexibility index (Phi) is 28.5. The van der Waals surface area contributed by atoms with Gasteiger partial charge in [0.15, 0.2) is 0 Å². The number of aliphatic carboxylic acids is 2. The van der Waals surface area contributed by atoms with Crippen LogP contribution in [0.25, 0.3) is 0 Å². The Labute approximate surface area is 508 Å². The molecule has 3 aliphatic heterocycles. The van der Waals surface area contributed by atoms with Crippen molar-refractivity contribution >= 4 is 132 Å². The molecule has 3 fully saturated rings. The van der Waals surface area contributed by atoms with Gasteiger partial charge in [-0.15, -0.1) is 0 Å².